The van der Waals surface area contributed by atoms with Gasteiger partial charge in [-0.15, -0.1) is 0 Å². The maximum absolute atomic E-state index is 14.1. The molecule has 1 saturated heterocycles. The van der Waals surface area contributed by atoms with Gasteiger partial charge in [-0.25, -0.2) is 9.37 Å². The topological polar surface area (TPSA) is 79.3 Å². The van der Waals surface area contributed by atoms with Crippen LogP contribution >= 0.6 is 0 Å². The van der Waals surface area contributed by atoms with Crippen LogP contribution < -0.4 is 10.6 Å². The molecular weight excluding hydrogens is 481 g/mol. The number of amides is 2. The van der Waals surface area contributed by atoms with Gasteiger partial charge in [-0.2, -0.15) is 0 Å². The molecule has 3 heterocycles. The van der Waals surface area contributed by atoms with Crippen LogP contribution in [0.15, 0.2) is 42.7 Å². The number of nitrogens with zero attached hydrogens (tertiary/aromatic N) is 3. The minimum absolute atomic E-state index is 0.0205. The highest BCUT2D eigenvalue weighted by atomic mass is 19.1. The average Bonchev–Trinajstić information content (AvgIpc) is 3.56. The predicted molar refractivity (Wildman–Crippen MR) is 146 cm³/mol. The van der Waals surface area contributed by atoms with Gasteiger partial charge in [0.05, 0.1) is 17.6 Å². The number of nitrogens with one attached hydrogen (secondary N) is 2. The summed E-state index contributed by atoms with van der Waals surface area (Å²) in [5.41, 5.74) is 2.90. The Bertz CT molecular complexity index is 1320. The normalized spacial score (nSPS) is 20.0. The number of pyridine rings is 1. The molecule has 1 aliphatic heterocycles. The number of benzene rings is 1. The molecule has 2 amide bonds. The summed E-state index contributed by atoms with van der Waals surface area (Å²) in [6, 6.07) is 7.87. The van der Waals surface area contributed by atoms with Gasteiger partial charge in [-0.3, -0.25) is 9.59 Å². The van der Waals surface area contributed by atoms with E-state index in [9.17, 15) is 14.0 Å². The minimum atomic E-state index is -0.508. The highest BCUT2D eigenvalue weighted by Gasteiger charge is 2.39. The van der Waals surface area contributed by atoms with Crippen LogP contribution in [0.2, 0.25) is 0 Å². The minimum Gasteiger partial charge on any atom is -0.343 e. The fourth-order valence-corrected chi connectivity index (χ4v) is 6.14. The van der Waals surface area contributed by atoms with E-state index in [2.05, 4.69) is 15.6 Å². The van der Waals surface area contributed by atoms with Crippen LogP contribution in [0, 0.1) is 18.7 Å². The lowest BCUT2D eigenvalue weighted by molar-refractivity contribution is -0.139. The highest BCUT2D eigenvalue weighted by molar-refractivity contribution is 5.90. The van der Waals surface area contributed by atoms with Crippen molar-refractivity contribution in [2.75, 3.05) is 13.6 Å². The Morgan fingerprint density at radius 2 is 1.87 bits per heavy atom. The van der Waals surface area contributed by atoms with E-state index in [0.717, 1.165) is 66.4 Å². The van der Waals surface area contributed by atoms with Crippen LogP contribution in [-0.4, -0.2) is 51.9 Å². The van der Waals surface area contributed by atoms with Crippen molar-refractivity contribution in [2.45, 2.75) is 76.9 Å². The summed E-state index contributed by atoms with van der Waals surface area (Å²) in [4.78, 5) is 33.5. The third kappa shape index (κ3) is 5.19. The van der Waals surface area contributed by atoms with Gasteiger partial charge >= 0.3 is 0 Å². The second-order valence-corrected chi connectivity index (χ2v) is 10.9. The molecule has 2 fully saturated rings. The quantitative estimate of drug-likeness (QED) is 0.470. The number of carbonyl (C=O) groups excluding carboxylic acids is 2. The van der Waals surface area contributed by atoms with Gasteiger partial charge in [-0.1, -0.05) is 19.3 Å². The maximum atomic E-state index is 14.1. The van der Waals surface area contributed by atoms with Gasteiger partial charge in [0.2, 0.25) is 11.8 Å². The number of aryl methyl sites for hydroxylation is 1. The van der Waals surface area contributed by atoms with Gasteiger partial charge in [0.1, 0.15) is 17.7 Å². The number of rotatable bonds is 7. The number of likely N-dealkylation sites (tertiary alicyclic amines) is 1. The molecule has 0 bridgehead atoms. The Morgan fingerprint density at radius 1 is 1.08 bits per heavy atom. The number of hydrogen-bond donors (Lipinski definition) is 2. The number of carbonyl (C=O) groups is 2. The number of likely N-dealkylation sites (N-methyl/N-ethyl adjacent to an activating group) is 1. The number of hydrogen-bond acceptors (Lipinski definition) is 4. The SMILES string of the molecule is CNC(C)C(=O)NC(C(=O)N1CCCC1c1ccnc(-n2cc(C)c3cc(F)ccc32)c1)C1CCCCC1. The van der Waals surface area contributed by atoms with Crippen LogP contribution in [0.3, 0.4) is 0 Å². The van der Waals surface area contributed by atoms with Crippen molar-refractivity contribution in [2.24, 2.45) is 5.92 Å². The summed E-state index contributed by atoms with van der Waals surface area (Å²) >= 11 is 0. The summed E-state index contributed by atoms with van der Waals surface area (Å²) in [6.45, 7) is 4.46. The van der Waals surface area contributed by atoms with Gasteiger partial charge in [0, 0.05) is 24.3 Å². The summed E-state index contributed by atoms with van der Waals surface area (Å²) in [5.74, 6) is 0.528. The summed E-state index contributed by atoms with van der Waals surface area (Å²) in [7, 11) is 1.76. The Labute approximate surface area is 223 Å². The largest absolute Gasteiger partial charge is 0.343 e. The average molecular weight is 520 g/mol. The zero-order valence-corrected chi connectivity index (χ0v) is 22.5. The van der Waals surface area contributed by atoms with Crippen molar-refractivity contribution < 1.29 is 14.0 Å². The molecular formula is C30H38FN5O2. The van der Waals surface area contributed by atoms with Crippen LogP contribution in [0.25, 0.3) is 16.7 Å². The van der Waals surface area contributed by atoms with Gasteiger partial charge in [0.25, 0.3) is 0 Å². The summed E-state index contributed by atoms with van der Waals surface area (Å²) in [5, 5.41) is 6.96. The second kappa shape index (κ2) is 11.2. The molecule has 2 N–H and O–H groups in total. The molecule has 2 aliphatic rings. The lowest BCUT2D eigenvalue weighted by atomic mass is 9.83. The van der Waals surface area contributed by atoms with Crippen molar-refractivity contribution in [1.29, 1.82) is 0 Å². The number of aromatic nitrogens is 2. The first-order valence-electron chi connectivity index (χ1n) is 13.9. The lowest BCUT2D eigenvalue weighted by Crippen LogP contribution is -2.55. The first kappa shape index (κ1) is 26.4. The standard InChI is InChI=1S/C30H38FN5O2/c1-19-18-36(26-12-11-23(31)17-24(19)26)27-16-22(13-14-33-27)25-10-7-15-35(25)30(38)28(21-8-5-4-6-9-21)34-29(37)20(2)32-3/h11-14,16-18,20-21,25,28,32H,4-10,15H2,1-3H3,(H,34,37). The van der Waals surface area contributed by atoms with Crippen molar-refractivity contribution >= 4 is 22.7 Å². The van der Waals surface area contributed by atoms with Gasteiger partial charge < -0.3 is 20.1 Å². The van der Waals surface area contributed by atoms with E-state index in [1.165, 1.54) is 12.5 Å². The number of halogens is 1. The smallest absolute Gasteiger partial charge is 0.245 e. The van der Waals surface area contributed by atoms with E-state index < -0.39 is 6.04 Å². The first-order valence-corrected chi connectivity index (χ1v) is 13.9. The van der Waals surface area contributed by atoms with E-state index in [-0.39, 0.29) is 35.6 Å². The maximum Gasteiger partial charge on any atom is 0.245 e. The van der Waals surface area contributed by atoms with Gasteiger partial charge in [-0.05, 0) is 94.0 Å². The van der Waals surface area contributed by atoms with E-state index in [1.807, 2.05) is 41.6 Å². The zero-order chi connectivity index (χ0) is 26.8. The molecule has 8 heteroatoms. The summed E-state index contributed by atoms with van der Waals surface area (Å²) in [6.07, 6.45) is 10.8. The fraction of sp³-hybridized carbons (Fsp3) is 0.500. The van der Waals surface area contributed by atoms with Crippen molar-refractivity contribution in [3.05, 3.63) is 59.7 Å². The van der Waals surface area contributed by atoms with E-state index in [0.29, 0.717) is 6.54 Å². The molecule has 2 aromatic heterocycles. The Hall–Kier alpha value is -3.26. The van der Waals surface area contributed by atoms with Crippen LogP contribution in [0.4, 0.5) is 4.39 Å². The van der Waals surface area contributed by atoms with Crippen LogP contribution in [0.1, 0.15) is 69.0 Å². The molecule has 1 aromatic carbocycles. The van der Waals surface area contributed by atoms with E-state index in [4.69, 9.17) is 0 Å². The Balaban J connectivity index is 1.43. The fourth-order valence-electron chi connectivity index (χ4n) is 6.14. The van der Waals surface area contributed by atoms with E-state index >= 15 is 0 Å². The number of fused-ring (bicyclic) bond motifs is 1. The Kier molecular flexibility index (Phi) is 7.79. The molecule has 3 atom stereocenters. The van der Waals surface area contributed by atoms with Crippen molar-refractivity contribution in [3.63, 3.8) is 0 Å². The summed E-state index contributed by atoms with van der Waals surface area (Å²) < 4.78 is 15.9. The van der Waals surface area contributed by atoms with Crippen molar-refractivity contribution in [1.82, 2.24) is 25.1 Å². The van der Waals surface area contributed by atoms with E-state index in [1.54, 1.807) is 25.4 Å². The first-order chi connectivity index (χ1) is 18.4. The highest BCUT2D eigenvalue weighted by Crippen LogP contribution is 2.36. The molecule has 0 spiro atoms. The van der Waals surface area contributed by atoms with Crippen LogP contribution in [-0.2, 0) is 9.59 Å². The molecule has 38 heavy (non-hydrogen) atoms. The molecule has 5 rings (SSSR count). The van der Waals surface area contributed by atoms with Gasteiger partial charge in [0.15, 0.2) is 0 Å². The molecule has 3 aromatic rings. The zero-order valence-electron chi connectivity index (χ0n) is 22.5. The molecule has 1 saturated carbocycles. The third-order valence-electron chi connectivity index (χ3n) is 8.41. The predicted octanol–water partition coefficient (Wildman–Crippen LogP) is 4.81. The lowest BCUT2D eigenvalue weighted by Gasteiger charge is -2.35. The monoisotopic (exact) mass is 519 g/mol. The third-order valence-corrected chi connectivity index (χ3v) is 8.41. The molecule has 7 nitrogen and oxygen atoms in total. The molecule has 1 aliphatic carbocycles. The van der Waals surface area contributed by atoms with Crippen molar-refractivity contribution in [3.8, 4) is 5.82 Å². The molecule has 202 valence electrons. The molecule has 0 radical (unpaired) electrons. The molecule has 3 unspecified atom stereocenters. The Morgan fingerprint density at radius 3 is 2.63 bits per heavy atom. The van der Waals surface area contributed by atoms with Crippen LogP contribution in [0.5, 0.6) is 0 Å². The second-order valence-electron chi connectivity index (χ2n) is 10.9.